The normalized spacial score (nSPS) is 20.7. The molecule has 2 heterocycles. The number of carbonyl (C=O) groups is 3. The van der Waals surface area contributed by atoms with Gasteiger partial charge in [-0.15, -0.1) is 0 Å². The van der Waals surface area contributed by atoms with E-state index >= 15 is 0 Å². The molecule has 1 N–H and O–H groups in total. The van der Waals surface area contributed by atoms with E-state index in [9.17, 15) is 41.7 Å². The molecule has 15 heteroatoms. The molecule has 0 aromatic heterocycles. The summed E-state index contributed by atoms with van der Waals surface area (Å²) in [6.07, 6.45) is 0. The van der Waals surface area contributed by atoms with Crippen LogP contribution < -0.4 is 5.32 Å². The molecule has 4 amide bonds. The number of nitro groups is 1. The number of imide groups is 1. The molecule has 0 aliphatic carbocycles. The number of hydrogen-bond donors (Lipinski definition) is 1. The minimum absolute atomic E-state index is 0.0506. The largest absolute Gasteiger partial charge is 0.338 e. The zero-order valence-corrected chi connectivity index (χ0v) is 20.2. The zero-order valence-electron chi connectivity index (χ0n) is 19.4. The lowest BCUT2D eigenvalue weighted by Crippen LogP contribution is -2.53. The average molecular weight is 538 g/mol. The lowest BCUT2D eigenvalue weighted by Gasteiger charge is -2.34. The molecular weight excluding hydrogens is 516 g/mol. The second-order valence-corrected chi connectivity index (χ2v) is 10.5. The highest BCUT2D eigenvalue weighted by molar-refractivity contribution is 7.89. The number of non-ortho nitro benzene ring substituents is 1. The van der Waals surface area contributed by atoms with Crippen LogP contribution in [0.2, 0.25) is 0 Å². The van der Waals surface area contributed by atoms with Crippen LogP contribution in [0.15, 0.2) is 47.4 Å². The zero-order chi connectivity index (χ0) is 27.1. The van der Waals surface area contributed by atoms with Crippen molar-refractivity contribution in [2.24, 2.45) is 0 Å². The van der Waals surface area contributed by atoms with Crippen molar-refractivity contribution in [3.8, 4) is 0 Å². The Hall–Kier alpha value is -3.98. The third-order valence-electron chi connectivity index (χ3n) is 6.34. The number of carbonyl (C=O) groups excluding carboxylic acids is 3. The van der Waals surface area contributed by atoms with Crippen LogP contribution in [0.5, 0.6) is 0 Å². The minimum atomic E-state index is -4.13. The summed E-state index contributed by atoms with van der Waals surface area (Å²) in [5, 5.41) is 13.4. The number of nitro benzene ring substituents is 1. The first-order chi connectivity index (χ1) is 17.3. The van der Waals surface area contributed by atoms with Crippen LogP contribution in [0.3, 0.4) is 0 Å². The van der Waals surface area contributed by atoms with Crippen LogP contribution in [0.1, 0.15) is 12.5 Å². The molecule has 2 aliphatic rings. The van der Waals surface area contributed by atoms with Gasteiger partial charge < -0.3 is 10.2 Å². The van der Waals surface area contributed by atoms with Gasteiger partial charge in [-0.3, -0.25) is 24.6 Å². The van der Waals surface area contributed by atoms with E-state index in [-0.39, 0.29) is 31.9 Å². The van der Waals surface area contributed by atoms with Gasteiger partial charge in [0, 0.05) is 38.3 Å². The van der Waals surface area contributed by atoms with Crippen molar-refractivity contribution in [3.05, 3.63) is 69.8 Å². The third-order valence-corrected chi connectivity index (χ3v) is 8.24. The number of nitrogens with zero attached hydrogens (tertiary/aromatic N) is 4. The number of nitrogens with one attached hydrogen (secondary N) is 1. The van der Waals surface area contributed by atoms with Crippen molar-refractivity contribution in [3.63, 3.8) is 0 Å². The van der Waals surface area contributed by atoms with E-state index in [1.54, 1.807) is 0 Å². The van der Waals surface area contributed by atoms with E-state index in [0.717, 1.165) is 15.3 Å². The van der Waals surface area contributed by atoms with Crippen molar-refractivity contribution in [2.45, 2.75) is 17.4 Å². The molecule has 1 unspecified atom stereocenters. The summed E-state index contributed by atoms with van der Waals surface area (Å²) in [6.45, 7) is 0.460. The maximum absolute atomic E-state index is 13.5. The number of halogens is 2. The Bertz CT molecular complexity index is 1390. The van der Waals surface area contributed by atoms with Gasteiger partial charge in [-0.2, -0.15) is 4.31 Å². The number of benzene rings is 2. The fourth-order valence-corrected chi connectivity index (χ4v) is 5.59. The summed E-state index contributed by atoms with van der Waals surface area (Å²) in [7, 11) is -4.13. The molecule has 196 valence electrons. The smallest absolute Gasteiger partial charge is 0.325 e. The monoisotopic (exact) mass is 537 g/mol. The van der Waals surface area contributed by atoms with E-state index in [0.29, 0.717) is 17.7 Å². The van der Waals surface area contributed by atoms with Gasteiger partial charge in [-0.25, -0.2) is 22.0 Å². The summed E-state index contributed by atoms with van der Waals surface area (Å²) in [5.74, 6) is -3.80. The first-order valence-electron chi connectivity index (χ1n) is 11.0. The first kappa shape index (κ1) is 26.1. The summed E-state index contributed by atoms with van der Waals surface area (Å²) in [6, 6.07) is 6.50. The molecule has 2 aromatic rings. The quantitative estimate of drug-likeness (QED) is 0.330. The number of piperazine rings is 1. The molecule has 1 atom stereocenters. The molecule has 2 saturated heterocycles. The van der Waals surface area contributed by atoms with Crippen LogP contribution in [-0.2, 0) is 25.2 Å². The number of sulfonamides is 1. The summed E-state index contributed by atoms with van der Waals surface area (Å²) in [5.41, 5.74) is -1.44. The molecule has 12 nitrogen and oxygen atoms in total. The third kappa shape index (κ3) is 4.74. The van der Waals surface area contributed by atoms with Crippen LogP contribution >= 0.6 is 0 Å². The molecule has 0 radical (unpaired) electrons. The number of amides is 4. The van der Waals surface area contributed by atoms with E-state index < -0.39 is 61.4 Å². The Balaban J connectivity index is 1.40. The van der Waals surface area contributed by atoms with Crippen LogP contribution in [0, 0.1) is 21.7 Å². The average Bonchev–Trinajstić information content (AvgIpc) is 3.09. The van der Waals surface area contributed by atoms with Gasteiger partial charge in [0.05, 0.1) is 9.82 Å². The van der Waals surface area contributed by atoms with E-state index in [2.05, 4.69) is 5.32 Å². The minimum Gasteiger partial charge on any atom is -0.338 e. The van der Waals surface area contributed by atoms with Gasteiger partial charge in [-0.05, 0) is 42.8 Å². The number of urea groups is 1. The maximum Gasteiger partial charge on any atom is 0.325 e. The molecule has 0 saturated carbocycles. The van der Waals surface area contributed by atoms with Crippen molar-refractivity contribution in [1.82, 2.24) is 19.4 Å². The van der Waals surface area contributed by atoms with Crippen molar-refractivity contribution >= 4 is 33.6 Å². The summed E-state index contributed by atoms with van der Waals surface area (Å²) < 4.78 is 53.2. The molecule has 2 fully saturated rings. The van der Waals surface area contributed by atoms with Gasteiger partial charge >= 0.3 is 6.03 Å². The highest BCUT2D eigenvalue weighted by Gasteiger charge is 2.50. The van der Waals surface area contributed by atoms with Gasteiger partial charge in [0.1, 0.15) is 12.1 Å². The summed E-state index contributed by atoms with van der Waals surface area (Å²) in [4.78, 5) is 50.3. The Kier molecular flexibility index (Phi) is 6.68. The first-order valence-corrected chi connectivity index (χ1v) is 12.4. The summed E-state index contributed by atoms with van der Waals surface area (Å²) >= 11 is 0. The van der Waals surface area contributed by atoms with E-state index in [4.69, 9.17) is 0 Å². The fraction of sp³-hybridized carbons (Fsp3) is 0.318. The molecule has 4 rings (SSSR count). The van der Waals surface area contributed by atoms with Crippen molar-refractivity contribution in [2.75, 3.05) is 32.7 Å². The van der Waals surface area contributed by atoms with Crippen molar-refractivity contribution < 1.29 is 36.5 Å². The predicted octanol–water partition coefficient (Wildman–Crippen LogP) is 1.17. The fourth-order valence-electron chi connectivity index (χ4n) is 4.15. The Labute approximate surface area is 209 Å². The molecule has 2 aromatic carbocycles. The van der Waals surface area contributed by atoms with Crippen LogP contribution in [0.4, 0.5) is 19.3 Å². The second kappa shape index (κ2) is 9.48. The molecular formula is C22H21F2N5O7S. The molecule has 0 spiro atoms. The SMILES string of the molecule is CC1(c2ccc([N+](=O)[O-])cc2)NC(=O)N(CC(=O)N2CCN(S(=O)(=O)c3ccc(F)c(F)c3)CC2)C1=O. The highest BCUT2D eigenvalue weighted by atomic mass is 32.2. The van der Waals surface area contributed by atoms with Crippen LogP contribution in [-0.4, -0.2) is 78.0 Å². The van der Waals surface area contributed by atoms with Gasteiger partial charge in [0.2, 0.25) is 15.9 Å². The van der Waals surface area contributed by atoms with Gasteiger partial charge in [0.15, 0.2) is 11.6 Å². The molecule has 0 bridgehead atoms. The highest BCUT2D eigenvalue weighted by Crippen LogP contribution is 2.30. The Morgan fingerprint density at radius 2 is 1.68 bits per heavy atom. The predicted molar refractivity (Wildman–Crippen MR) is 122 cm³/mol. The number of hydrogen-bond acceptors (Lipinski definition) is 7. The Morgan fingerprint density at radius 3 is 2.24 bits per heavy atom. The lowest BCUT2D eigenvalue weighted by atomic mass is 9.92. The van der Waals surface area contributed by atoms with Gasteiger partial charge in [0.25, 0.3) is 11.6 Å². The molecule has 37 heavy (non-hydrogen) atoms. The topological polar surface area (TPSA) is 150 Å². The number of rotatable bonds is 6. The van der Waals surface area contributed by atoms with Crippen molar-refractivity contribution in [1.29, 1.82) is 0 Å². The molecule has 2 aliphatic heterocycles. The second-order valence-electron chi connectivity index (χ2n) is 8.61. The maximum atomic E-state index is 13.5. The Morgan fingerprint density at radius 1 is 1.05 bits per heavy atom. The van der Waals surface area contributed by atoms with Gasteiger partial charge in [-0.1, -0.05) is 0 Å². The standard InChI is InChI=1S/C22H21F2N5O7S/c1-22(14-2-4-15(5-3-14)29(33)34)20(31)28(21(32)25-22)13-19(30)26-8-10-27(11-9-26)37(35,36)16-6-7-17(23)18(24)12-16/h2-7,12H,8-11,13H2,1H3,(H,25,32). The van der Waals surface area contributed by atoms with E-state index in [1.165, 1.54) is 36.1 Å². The van der Waals surface area contributed by atoms with Crippen LogP contribution in [0.25, 0.3) is 0 Å². The van der Waals surface area contributed by atoms with E-state index in [1.807, 2.05) is 0 Å². The lowest BCUT2D eigenvalue weighted by molar-refractivity contribution is -0.384.